The summed E-state index contributed by atoms with van der Waals surface area (Å²) in [6.45, 7) is 0.369. The molecule has 1 heterocycles. The first kappa shape index (κ1) is 14.8. The van der Waals surface area contributed by atoms with Crippen LogP contribution in [0.5, 0.6) is 0 Å². The summed E-state index contributed by atoms with van der Waals surface area (Å²) in [6.07, 6.45) is 1.57. The third-order valence-electron chi connectivity index (χ3n) is 2.98. The van der Waals surface area contributed by atoms with E-state index < -0.39 is 0 Å². The first-order chi connectivity index (χ1) is 9.99. The van der Waals surface area contributed by atoms with E-state index in [2.05, 4.69) is 4.99 Å². The minimum atomic E-state index is -0.378. The van der Waals surface area contributed by atoms with E-state index in [1.165, 1.54) is 17.7 Å². The van der Waals surface area contributed by atoms with Crippen LogP contribution in [-0.2, 0) is 13.6 Å². The Kier molecular flexibility index (Phi) is 4.37. The summed E-state index contributed by atoms with van der Waals surface area (Å²) in [5.41, 5.74) is 0.229. The molecule has 0 bridgehead atoms. The van der Waals surface area contributed by atoms with Crippen LogP contribution in [0.25, 0.3) is 0 Å². The van der Waals surface area contributed by atoms with Gasteiger partial charge >= 0.3 is 5.69 Å². The molecule has 6 heteroatoms. The normalized spacial score (nSPS) is 11.0. The van der Waals surface area contributed by atoms with Crippen LogP contribution < -0.4 is 11.2 Å². The molecule has 0 aliphatic heterocycles. The second-order valence-corrected chi connectivity index (χ2v) is 4.96. The maximum atomic E-state index is 12.3. The Bertz CT molecular complexity index is 757. The molecule has 0 spiro atoms. The summed E-state index contributed by atoms with van der Waals surface area (Å²) in [5, 5.41) is 0. The molecule has 0 unspecified atom stereocenters. The zero-order valence-electron chi connectivity index (χ0n) is 12.4. The Hall–Kier alpha value is -2.63. The minimum absolute atomic E-state index is 0.348. The van der Waals surface area contributed by atoms with Crippen LogP contribution in [0.15, 0.2) is 51.0 Å². The largest absolute Gasteiger partial charge is 0.369 e. The number of aromatic nitrogens is 2. The molecule has 1 aromatic carbocycles. The zero-order chi connectivity index (χ0) is 15.4. The standard InChI is InChI=1S/C15H18N4O2/c1-17(2)11-16-13-9-14(20)18(3)15(21)19(13)10-12-7-5-4-6-8-12/h4-9,11H,10H2,1-3H3/b16-11+. The van der Waals surface area contributed by atoms with Crippen LogP contribution >= 0.6 is 0 Å². The molecule has 0 saturated heterocycles. The van der Waals surface area contributed by atoms with E-state index in [-0.39, 0.29) is 11.2 Å². The van der Waals surface area contributed by atoms with Gasteiger partial charge in [0.25, 0.3) is 5.56 Å². The summed E-state index contributed by atoms with van der Waals surface area (Å²) < 4.78 is 2.56. The van der Waals surface area contributed by atoms with Gasteiger partial charge in [0.15, 0.2) is 0 Å². The van der Waals surface area contributed by atoms with Gasteiger partial charge < -0.3 is 4.90 Å². The Morgan fingerprint density at radius 2 is 1.86 bits per heavy atom. The van der Waals surface area contributed by atoms with Gasteiger partial charge in [0.05, 0.1) is 12.9 Å². The van der Waals surface area contributed by atoms with E-state index in [1.54, 1.807) is 11.2 Å². The molecule has 6 nitrogen and oxygen atoms in total. The van der Waals surface area contributed by atoms with E-state index in [0.29, 0.717) is 12.4 Å². The molecule has 1 aromatic heterocycles. The number of rotatable bonds is 4. The first-order valence-electron chi connectivity index (χ1n) is 6.54. The number of hydrogen-bond donors (Lipinski definition) is 0. The SMILES string of the molecule is CN(C)/C=N/c1cc(=O)n(C)c(=O)n1Cc1ccccc1. The zero-order valence-corrected chi connectivity index (χ0v) is 12.4. The molecule has 21 heavy (non-hydrogen) atoms. The highest BCUT2D eigenvalue weighted by molar-refractivity contribution is 5.59. The van der Waals surface area contributed by atoms with Crippen LogP contribution in [0.4, 0.5) is 5.82 Å². The third kappa shape index (κ3) is 3.47. The Balaban J connectivity index is 2.54. The quantitative estimate of drug-likeness (QED) is 0.617. The van der Waals surface area contributed by atoms with Gasteiger partial charge in [-0.05, 0) is 5.56 Å². The third-order valence-corrected chi connectivity index (χ3v) is 2.98. The molecule has 0 amide bonds. The molecule has 0 fully saturated rings. The van der Waals surface area contributed by atoms with E-state index >= 15 is 0 Å². The average molecular weight is 286 g/mol. The lowest BCUT2D eigenvalue weighted by atomic mass is 10.2. The fraction of sp³-hybridized carbons (Fsp3) is 0.267. The van der Waals surface area contributed by atoms with E-state index in [1.807, 2.05) is 44.4 Å². The minimum Gasteiger partial charge on any atom is -0.369 e. The first-order valence-corrected chi connectivity index (χ1v) is 6.54. The molecule has 2 aromatic rings. The van der Waals surface area contributed by atoms with Gasteiger partial charge in [0, 0.05) is 27.2 Å². The molecule has 0 aliphatic rings. The van der Waals surface area contributed by atoms with Gasteiger partial charge in [0.1, 0.15) is 5.82 Å². The molecular formula is C15H18N4O2. The smallest absolute Gasteiger partial charge is 0.332 e. The molecule has 0 aliphatic carbocycles. The van der Waals surface area contributed by atoms with E-state index in [9.17, 15) is 9.59 Å². The van der Waals surface area contributed by atoms with E-state index in [4.69, 9.17) is 0 Å². The monoisotopic (exact) mass is 286 g/mol. The lowest BCUT2D eigenvalue weighted by molar-refractivity contribution is 0.632. The molecule has 0 radical (unpaired) electrons. The lowest BCUT2D eigenvalue weighted by Crippen LogP contribution is -2.37. The predicted molar refractivity (Wildman–Crippen MR) is 83.3 cm³/mol. The highest BCUT2D eigenvalue weighted by atomic mass is 16.2. The highest BCUT2D eigenvalue weighted by Crippen LogP contribution is 2.09. The molecule has 2 rings (SSSR count). The lowest BCUT2D eigenvalue weighted by Gasteiger charge is -2.11. The Morgan fingerprint density at radius 1 is 1.19 bits per heavy atom. The molecule has 0 saturated carbocycles. The van der Waals surface area contributed by atoms with Crippen molar-refractivity contribution in [3.05, 3.63) is 62.8 Å². The molecule has 0 N–H and O–H groups in total. The summed E-state index contributed by atoms with van der Waals surface area (Å²) >= 11 is 0. The van der Waals surface area contributed by atoms with Gasteiger partial charge in [-0.3, -0.25) is 13.9 Å². The maximum absolute atomic E-state index is 12.3. The summed E-state index contributed by atoms with van der Waals surface area (Å²) in [6, 6.07) is 11.0. The fourth-order valence-electron chi connectivity index (χ4n) is 1.85. The molecular weight excluding hydrogens is 268 g/mol. The van der Waals surface area contributed by atoms with Crippen LogP contribution in [-0.4, -0.2) is 34.5 Å². The molecule has 110 valence electrons. The highest BCUT2D eigenvalue weighted by Gasteiger charge is 2.08. The summed E-state index contributed by atoms with van der Waals surface area (Å²) in [4.78, 5) is 30.0. The average Bonchev–Trinajstić information content (AvgIpc) is 2.47. The number of nitrogens with zero attached hydrogens (tertiary/aromatic N) is 4. The van der Waals surface area contributed by atoms with Gasteiger partial charge in [0.2, 0.25) is 0 Å². The van der Waals surface area contributed by atoms with Gasteiger partial charge in [-0.2, -0.15) is 0 Å². The Labute approximate surface area is 122 Å². The Morgan fingerprint density at radius 3 is 2.48 bits per heavy atom. The maximum Gasteiger partial charge on any atom is 0.332 e. The van der Waals surface area contributed by atoms with Crippen molar-refractivity contribution in [3.63, 3.8) is 0 Å². The van der Waals surface area contributed by atoms with Crippen molar-refractivity contribution >= 4 is 12.2 Å². The fourth-order valence-corrected chi connectivity index (χ4v) is 1.85. The van der Waals surface area contributed by atoms with E-state index in [0.717, 1.165) is 10.1 Å². The number of aliphatic imine (C=N–C) groups is 1. The van der Waals surface area contributed by atoms with Crippen molar-refractivity contribution < 1.29 is 0 Å². The predicted octanol–water partition coefficient (Wildman–Crippen LogP) is 0.817. The number of benzene rings is 1. The van der Waals surface area contributed by atoms with Crippen molar-refractivity contribution in [2.24, 2.45) is 12.0 Å². The van der Waals surface area contributed by atoms with Crippen molar-refractivity contribution in [1.82, 2.24) is 14.0 Å². The van der Waals surface area contributed by atoms with Crippen LogP contribution in [0.2, 0.25) is 0 Å². The van der Waals surface area contributed by atoms with Gasteiger partial charge in [-0.15, -0.1) is 0 Å². The van der Waals surface area contributed by atoms with Gasteiger partial charge in [-0.25, -0.2) is 9.79 Å². The van der Waals surface area contributed by atoms with Crippen LogP contribution in [0, 0.1) is 0 Å². The van der Waals surface area contributed by atoms with Crippen LogP contribution in [0.1, 0.15) is 5.56 Å². The van der Waals surface area contributed by atoms with Crippen molar-refractivity contribution in [2.45, 2.75) is 6.54 Å². The second kappa shape index (κ2) is 6.21. The summed E-state index contributed by atoms with van der Waals surface area (Å²) in [5.74, 6) is 0.348. The second-order valence-electron chi connectivity index (χ2n) is 4.96. The number of hydrogen-bond acceptors (Lipinski definition) is 3. The van der Waals surface area contributed by atoms with Crippen molar-refractivity contribution in [3.8, 4) is 0 Å². The topological polar surface area (TPSA) is 59.6 Å². The van der Waals surface area contributed by atoms with Crippen molar-refractivity contribution in [1.29, 1.82) is 0 Å². The van der Waals surface area contributed by atoms with Gasteiger partial charge in [-0.1, -0.05) is 30.3 Å². The van der Waals surface area contributed by atoms with Crippen molar-refractivity contribution in [2.75, 3.05) is 14.1 Å². The summed E-state index contributed by atoms with van der Waals surface area (Å²) in [7, 11) is 5.11. The molecule has 0 atom stereocenters. The van der Waals surface area contributed by atoms with Crippen LogP contribution in [0.3, 0.4) is 0 Å².